The van der Waals surface area contributed by atoms with Crippen molar-refractivity contribution in [1.82, 2.24) is 0 Å². The number of halogens is 2. The number of rotatable bonds is 6. The van der Waals surface area contributed by atoms with E-state index in [1.54, 1.807) is 25.1 Å². The van der Waals surface area contributed by atoms with Crippen molar-refractivity contribution in [3.63, 3.8) is 0 Å². The van der Waals surface area contributed by atoms with Gasteiger partial charge in [0, 0.05) is 11.1 Å². The Labute approximate surface area is 188 Å². The highest BCUT2D eigenvalue weighted by Crippen LogP contribution is 2.33. The molecule has 170 valence electrons. The maximum Gasteiger partial charge on any atom is 0.280 e. The SMILES string of the molecule is C/C=C(F)\C(C1=c2cc(C(=O)N=C(N)N)ccc2=C(C)C=C(CC)C1)=C(\F)C=C(C)CC. The Morgan fingerprint density at radius 3 is 2.44 bits per heavy atom. The highest BCUT2D eigenvalue weighted by Gasteiger charge is 2.20. The lowest BCUT2D eigenvalue weighted by atomic mass is 9.92. The van der Waals surface area contributed by atoms with E-state index in [2.05, 4.69) is 4.99 Å². The Bertz CT molecular complexity index is 1190. The number of hydrogen-bond donors (Lipinski definition) is 2. The molecule has 0 atom stereocenters. The van der Waals surface area contributed by atoms with E-state index in [0.717, 1.165) is 28.4 Å². The highest BCUT2D eigenvalue weighted by atomic mass is 19.1. The van der Waals surface area contributed by atoms with Crippen LogP contribution in [0.3, 0.4) is 0 Å². The summed E-state index contributed by atoms with van der Waals surface area (Å²) in [4.78, 5) is 16.1. The number of amides is 1. The summed E-state index contributed by atoms with van der Waals surface area (Å²) < 4.78 is 30.6. The number of carbonyl (C=O) groups is 1. The van der Waals surface area contributed by atoms with Crippen LogP contribution in [-0.2, 0) is 0 Å². The minimum atomic E-state index is -0.653. The quantitative estimate of drug-likeness (QED) is 0.386. The molecule has 32 heavy (non-hydrogen) atoms. The van der Waals surface area contributed by atoms with Crippen molar-refractivity contribution in [2.45, 2.75) is 53.9 Å². The number of hydrogen-bond acceptors (Lipinski definition) is 1. The first kappa shape index (κ1) is 25.0. The van der Waals surface area contributed by atoms with Gasteiger partial charge in [0.05, 0.1) is 0 Å². The Hall–Kier alpha value is -3.28. The van der Waals surface area contributed by atoms with Gasteiger partial charge in [-0.1, -0.05) is 43.2 Å². The van der Waals surface area contributed by atoms with Crippen molar-refractivity contribution >= 4 is 23.0 Å². The van der Waals surface area contributed by atoms with Gasteiger partial charge >= 0.3 is 0 Å². The van der Waals surface area contributed by atoms with Crippen LogP contribution in [0.4, 0.5) is 8.78 Å². The molecule has 0 saturated carbocycles. The van der Waals surface area contributed by atoms with Crippen molar-refractivity contribution in [2.75, 3.05) is 0 Å². The van der Waals surface area contributed by atoms with Crippen LogP contribution in [-0.4, -0.2) is 11.9 Å². The number of nitrogens with zero attached hydrogens (tertiary/aromatic N) is 1. The Kier molecular flexibility index (Phi) is 8.47. The van der Waals surface area contributed by atoms with Crippen LogP contribution >= 0.6 is 0 Å². The van der Waals surface area contributed by atoms with E-state index < -0.39 is 17.6 Å². The first-order valence-corrected chi connectivity index (χ1v) is 10.7. The molecule has 0 spiro atoms. The van der Waals surface area contributed by atoms with Crippen LogP contribution in [0.25, 0.3) is 11.1 Å². The largest absolute Gasteiger partial charge is 0.370 e. The molecule has 0 saturated heterocycles. The topological polar surface area (TPSA) is 81.5 Å². The Morgan fingerprint density at radius 2 is 1.88 bits per heavy atom. The zero-order valence-electron chi connectivity index (χ0n) is 19.4. The molecule has 0 unspecified atom stereocenters. The van der Waals surface area contributed by atoms with Gasteiger partial charge in [-0.05, 0) is 79.8 Å². The number of guanidine groups is 1. The third kappa shape index (κ3) is 5.69. The van der Waals surface area contributed by atoms with Crippen molar-refractivity contribution in [1.29, 1.82) is 0 Å². The van der Waals surface area contributed by atoms with Crippen molar-refractivity contribution in [3.05, 3.63) is 80.8 Å². The standard InChI is InChI=1S/C26H31F2N3O/c1-6-15(4)11-23(28)24(22(27)8-3)21-13-17(7-2)12-16(5)19-10-9-18(14-20(19)21)25(32)31-26(29)30/h8-12,14H,6-7,13H2,1-5H3,(H4,29,30,31,32)/b15-11?,22-8+,24-23+. The first-order chi connectivity index (χ1) is 15.1. The summed E-state index contributed by atoms with van der Waals surface area (Å²) >= 11 is 0. The van der Waals surface area contributed by atoms with Gasteiger partial charge in [-0.25, -0.2) is 8.78 Å². The van der Waals surface area contributed by atoms with Crippen molar-refractivity contribution in [2.24, 2.45) is 16.5 Å². The fourth-order valence-corrected chi connectivity index (χ4v) is 3.60. The molecule has 0 radical (unpaired) electrons. The van der Waals surface area contributed by atoms with Gasteiger partial charge in [-0.2, -0.15) is 4.99 Å². The molecule has 0 bridgehead atoms. The molecule has 1 aliphatic rings. The number of aliphatic imine (C=N–C) groups is 1. The van der Waals surface area contributed by atoms with Gasteiger partial charge in [0.2, 0.25) is 0 Å². The molecule has 1 amide bonds. The van der Waals surface area contributed by atoms with Gasteiger partial charge in [-0.15, -0.1) is 0 Å². The van der Waals surface area contributed by atoms with E-state index in [4.69, 9.17) is 11.5 Å². The Balaban J connectivity index is 3.06. The Morgan fingerprint density at radius 1 is 1.19 bits per heavy atom. The van der Waals surface area contributed by atoms with E-state index >= 15 is 8.78 Å². The van der Waals surface area contributed by atoms with Gasteiger partial charge in [0.25, 0.3) is 5.91 Å². The maximum absolute atomic E-state index is 15.5. The summed E-state index contributed by atoms with van der Waals surface area (Å²) in [5.74, 6) is -2.26. The van der Waals surface area contributed by atoms with E-state index in [9.17, 15) is 4.79 Å². The van der Waals surface area contributed by atoms with Crippen LogP contribution in [0.5, 0.6) is 0 Å². The predicted octanol–water partition coefficient (Wildman–Crippen LogP) is 4.61. The van der Waals surface area contributed by atoms with Crippen LogP contribution in [0.2, 0.25) is 0 Å². The van der Waals surface area contributed by atoms with Gasteiger partial charge in [-0.3, -0.25) is 4.79 Å². The normalized spacial score (nSPS) is 15.5. The average molecular weight is 440 g/mol. The molecule has 0 fully saturated rings. The van der Waals surface area contributed by atoms with Crippen LogP contribution in [0.1, 0.15) is 64.2 Å². The minimum absolute atomic E-state index is 0.0953. The molecular weight excluding hydrogens is 408 g/mol. The number of nitrogens with two attached hydrogens (primary N) is 2. The van der Waals surface area contributed by atoms with Crippen LogP contribution in [0, 0.1) is 0 Å². The molecule has 0 aromatic heterocycles. The van der Waals surface area contributed by atoms with Crippen LogP contribution in [0.15, 0.2) is 69.8 Å². The summed E-state index contributed by atoms with van der Waals surface area (Å²) in [7, 11) is 0. The zero-order chi connectivity index (χ0) is 24.0. The molecule has 0 aliphatic heterocycles. The average Bonchev–Trinajstić information content (AvgIpc) is 2.89. The lowest BCUT2D eigenvalue weighted by molar-refractivity contribution is 0.100. The molecule has 4 nitrogen and oxygen atoms in total. The molecule has 6 heteroatoms. The van der Waals surface area contributed by atoms with Crippen molar-refractivity contribution < 1.29 is 13.6 Å². The van der Waals surface area contributed by atoms with E-state index in [1.807, 2.05) is 26.8 Å². The summed E-state index contributed by atoms with van der Waals surface area (Å²) in [5, 5.41) is 1.39. The molecule has 0 heterocycles. The minimum Gasteiger partial charge on any atom is -0.370 e. The fourth-order valence-electron chi connectivity index (χ4n) is 3.60. The second-order valence-electron chi connectivity index (χ2n) is 7.80. The van der Waals surface area contributed by atoms with Gasteiger partial charge in [0.15, 0.2) is 5.96 Å². The lowest BCUT2D eigenvalue weighted by Gasteiger charge is -2.14. The second-order valence-corrected chi connectivity index (χ2v) is 7.80. The number of benzene rings is 1. The summed E-state index contributed by atoms with van der Waals surface area (Å²) in [5.41, 5.74) is 14.1. The van der Waals surface area contributed by atoms with Gasteiger partial charge in [0.1, 0.15) is 11.7 Å². The fraction of sp³-hybridized carbons (Fsp3) is 0.308. The first-order valence-electron chi connectivity index (χ1n) is 10.7. The summed E-state index contributed by atoms with van der Waals surface area (Å²) in [6.07, 6.45) is 6.39. The van der Waals surface area contributed by atoms with Crippen molar-refractivity contribution in [3.8, 4) is 0 Å². The highest BCUT2D eigenvalue weighted by molar-refractivity contribution is 6.02. The second kappa shape index (κ2) is 10.8. The number of fused-ring (bicyclic) bond motifs is 1. The molecule has 1 aromatic rings. The third-order valence-electron chi connectivity index (χ3n) is 5.49. The molecule has 1 aromatic carbocycles. The monoisotopic (exact) mass is 439 g/mol. The number of carbonyl (C=O) groups excluding carboxylic acids is 1. The van der Waals surface area contributed by atoms with E-state index in [0.29, 0.717) is 23.6 Å². The molecule has 1 aliphatic carbocycles. The maximum atomic E-state index is 15.5. The number of allylic oxidation sites excluding steroid dienone is 8. The molecule has 2 rings (SSSR count). The smallest absolute Gasteiger partial charge is 0.280 e. The van der Waals surface area contributed by atoms with E-state index in [1.165, 1.54) is 19.1 Å². The predicted molar refractivity (Wildman–Crippen MR) is 128 cm³/mol. The van der Waals surface area contributed by atoms with Crippen LogP contribution < -0.4 is 21.9 Å². The summed E-state index contributed by atoms with van der Waals surface area (Å²) in [6, 6.07) is 5.00. The molecule has 4 N–H and O–H groups in total. The lowest BCUT2D eigenvalue weighted by Crippen LogP contribution is -2.30. The van der Waals surface area contributed by atoms with E-state index in [-0.39, 0.29) is 17.1 Å². The molecular formula is C26H31F2N3O. The zero-order valence-corrected chi connectivity index (χ0v) is 19.4. The van der Waals surface area contributed by atoms with Gasteiger partial charge < -0.3 is 11.5 Å². The summed E-state index contributed by atoms with van der Waals surface area (Å²) in [6.45, 7) is 9.20. The third-order valence-corrected chi connectivity index (χ3v) is 5.49.